The molecule has 6 aliphatic rings. The summed E-state index contributed by atoms with van der Waals surface area (Å²) in [5, 5.41) is 10.6. The van der Waals surface area contributed by atoms with Crippen LogP contribution in [-0.2, 0) is 0 Å². The Morgan fingerprint density at radius 2 is 0.806 bits per heavy atom. The Morgan fingerprint density at radius 3 is 1.08 bits per heavy atom. The van der Waals surface area contributed by atoms with Crippen LogP contribution in [0, 0.1) is 0 Å². The van der Waals surface area contributed by atoms with Gasteiger partial charge in [-0.3, -0.25) is 0 Å². The van der Waals surface area contributed by atoms with Crippen molar-refractivity contribution in [2.75, 3.05) is 0 Å². The summed E-state index contributed by atoms with van der Waals surface area (Å²) in [6.45, 7) is 14.2. The molecule has 2 aliphatic carbocycles. The van der Waals surface area contributed by atoms with E-state index in [1.807, 2.05) is 0 Å². The molecule has 4 aliphatic heterocycles. The van der Waals surface area contributed by atoms with Crippen LogP contribution < -0.4 is 10.0 Å². The van der Waals surface area contributed by atoms with Crippen LogP contribution in [0.25, 0.3) is 11.1 Å². The molecular weight excluding hydrogens is 440 g/mol. The van der Waals surface area contributed by atoms with Crippen LogP contribution in [0.4, 0.5) is 11.4 Å². The highest BCUT2D eigenvalue weighted by molar-refractivity contribution is 5.67. The topological polar surface area (TPSA) is 18.3 Å². The van der Waals surface area contributed by atoms with Gasteiger partial charge in [-0.2, -0.15) is 0 Å². The molecule has 0 spiro atoms. The molecule has 0 unspecified atom stereocenters. The number of hydrogen-bond donors (Lipinski definition) is 0. The standard InChI is InChI=1S/C32H46N4/c1-31(2,3)35-29-19-15-27(16-20-29)33(35)25-11-7-23(8-12-25)24-9-13-26(14-10-24)34-28-17-21-30(22-18-28)36(34)32(4,5)6/h7-14,27-30H,15-22H2,1-6H3/q+2. The van der Waals surface area contributed by atoms with Gasteiger partial charge in [0.25, 0.3) is 0 Å². The highest BCUT2D eigenvalue weighted by Gasteiger charge is 2.55. The Hall–Kier alpha value is -1.72. The third kappa shape index (κ3) is 4.24. The third-order valence-corrected chi connectivity index (χ3v) is 9.15. The number of rotatable bonds is 3. The lowest BCUT2D eigenvalue weighted by molar-refractivity contribution is -0.108. The van der Waals surface area contributed by atoms with Crippen LogP contribution in [0.1, 0.15) is 92.9 Å². The van der Waals surface area contributed by atoms with Crippen LogP contribution in [0.2, 0.25) is 0 Å². The summed E-state index contributed by atoms with van der Waals surface area (Å²) in [5.41, 5.74) is 5.61. The molecule has 4 heterocycles. The quantitative estimate of drug-likeness (QED) is 0.416. The van der Waals surface area contributed by atoms with Gasteiger partial charge in [0.05, 0.1) is 23.2 Å². The van der Waals surface area contributed by atoms with E-state index in [4.69, 9.17) is 0 Å². The van der Waals surface area contributed by atoms with E-state index in [2.05, 4.69) is 110 Å². The molecule has 4 bridgehead atoms. The van der Waals surface area contributed by atoms with Gasteiger partial charge >= 0.3 is 0 Å². The van der Waals surface area contributed by atoms with E-state index < -0.39 is 0 Å². The molecule has 2 radical (unpaired) electrons. The molecular formula is C32H46N4+2. The first-order chi connectivity index (χ1) is 17.1. The first kappa shape index (κ1) is 24.6. The van der Waals surface area contributed by atoms with Crippen LogP contribution >= 0.6 is 0 Å². The Morgan fingerprint density at radius 1 is 0.500 bits per heavy atom. The Balaban J connectivity index is 1.24. The average Bonchev–Trinajstić information content (AvgIpc) is 2.88. The minimum Gasteiger partial charge on any atom is -0.0920 e. The van der Waals surface area contributed by atoms with Crippen molar-refractivity contribution in [2.24, 2.45) is 0 Å². The summed E-state index contributed by atoms with van der Waals surface area (Å²) in [6.07, 6.45) is 10.7. The van der Waals surface area contributed by atoms with Crippen molar-refractivity contribution in [3.8, 4) is 11.1 Å². The van der Waals surface area contributed by atoms with Gasteiger partial charge in [0.1, 0.15) is 0 Å². The fourth-order valence-corrected chi connectivity index (χ4v) is 7.82. The van der Waals surface area contributed by atoms with Gasteiger partial charge in [-0.05, 0) is 113 Å². The molecule has 2 saturated carbocycles. The molecule has 0 aromatic heterocycles. The fourth-order valence-electron chi connectivity index (χ4n) is 7.82. The number of hydrogen-bond acceptors (Lipinski definition) is 4. The van der Waals surface area contributed by atoms with E-state index >= 15 is 0 Å². The summed E-state index contributed by atoms with van der Waals surface area (Å²) in [7, 11) is 0. The number of nitrogens with zero attached hydrogens (tertiary/aromatic N) is 4. The van der Waals surface area contributed by atoms with E-state index in [1.165, 1.54) is 73.9 Å². The summed E-state index contributed by atoms with van der Waals surface area (Å²) < 4.78 is 0. The Bertz CT molecular complexity index is 958. The van der Waals surface area contributed by atoms with Crippen molar-refractivity contribution in [3.05, 3.63) is 48.5 Å². The van der Waals surface area contributed by atoms with E-state index in [0.29, 0.717) is 24.2 Å². The Labute approximate surface area is 219 Å². The lowest BCUT2D eigenvalue weighted by atomic mass is 9.84. The average molecular weight is 487 g/mol. The van der Waals surface area contributed by atoms with E-state index in [1.54, 1.807) is 0 Å². The fraction of sp³-hybridized carbons (Fsp3) is 0.625. The first-order valence-corrected chi connectivity index (χ1v) is 14.5. The van der Waals surface area contributed by atoms with Gasteiger partial charge in [-0.15, -0.1) is 0 Å². The van der Waals surface area contributed by atoms with Gasteiger partial charge in [-0.25, -0.2) is 0 Å². The van der Waals surface area contributed by atoms with Crippen molar-refractivity contribution in [1.82, 2.24) is 20.0 Å². The minimum absolute atomic E-state index is 0.146. The molecule has 4 heteroatoms. The van der Waals surface area contributed by atoms with Gasteiger partial charge in [0, 0.05) is 49.9 Å². The van der Waals surface area contributed by atoms with Crippen molar-refractivity contribution >= 4 is 11.4 Å². The van der Waals surface area contributed by atoms with Crippen LogP contribution in [0.15, 0.2) is 48.5 Å². The highest BCUT2D eigenvalue weighted by Crippen LogP contribution is 2.43. The van der Waals surface area contributed by atoms with Gasteiger partial charge in [0.2, 0.25) is 11.4 Å². The summed E-state index contributed by atoms with van der Waals surface area (Å²) in [6, 6.07) is 21.4. The number of hydrazine groups is 2. The van der Waals surface area contributed by atoms with E-state index in [-0.39, 0.29) is 11.1 Å². The van der Waals surface area contributed by atoms with Crippen molar-refractivity contribution in [3.63, 3.8) is 0 Å². The van der Waals surface area contributed by atoms with Crippen molar-refractivity contribution in [2.45, 2.75) is 128 Å². The summed E-state index contributed by atoms with van der Waals surface area (Å²) >= 11 is 0. The van der Waals surface area contributed by atoms with Gasteiger partial charge in [0.15, 0.2) is 12.1 Å². The van der Waals surface area contributed by atoms with Crippen molar-refractivity contribution in [1.29, 1.82) is 0 Å². The maximum absolute atomic E-state index is 2.68. The predicted molar refractivity (Wildman–Crippen MR) is 151 cm³/mol. The summed E-state index contributed by atoms with van der Waals surface area (Å²) in [4.78, 5) is 0. The zero-order valence-corrected chi connectivity index (χ0v) is 23.4. The second kappa shape index (κ2) is 8.94. The predicted octanol–water partition coefficient (Wildman–Crippen LogP) is 7.58. The summed E-state index contributed by atoms with van der Waals surface area (Å²) in [5.74, 6) is 0. The van der Waals surface area contributed by atoms with E-state index in [9.17, 15) is 0 Å². The molecule has 2 aromatic rings. The molecule has 2 aromatic carbocycles. The molecule has 0 N–H and O–H groups in total. The van der Waals surface area contributed by atoms with Gasteiger partial charge < -0.3 is 0 Å². The van der Waals surface area contributed by atoms with E-state index in [0.717, 1.165) is 0 Å². The first-order valence-electron chi connectivity index (χ1n) is 14.5. The number of fused-ring (bicyclic) bond motifs is 6. The Kier molecular flexibility index (Phi) is 6.11. The lowest BCUT2D eigenvalue weighted by Gasteiger charge is -2.49. The second-order valence-electron chi connectivity index (χ2n) is 13.7. The zero-order valence-electron chi connectivity index (χ0n) is 23.4. The molecule has 8 rings (SSSR count). The molecule has 36 heavy (non-hydrogen) atoms. The highest BCUT2D eigenvalue weighted by atomic mass is 15.7. The van der Waals surface area contributed by atoms with Crippen molar-refractivity contribution < 1.29 is 0 Å². The smallest absolute Gasteiger partial charge is 0.0920 e. The lowest BCUT2D eigenvalue weighted by Crippen LogP contribution is -2.68. The monoisotopic (exact) mass is 486 g/mol. The normalized spacial score (nSPS) is 30.3. The second-order valence-corrected chi connectivity index (χ2v) is 13.7. The number of benzene rings is 2. The molecule has 192 valence electrons. The maximum atomic E-state index is 2.68. The van der Waals surface area contributed by atoms with Crippen LogP contribution in [-0.4, -0.2) is 45.3 Å². The molecule has 0 atom stereocenters. The van der Waals surface area contributed by atoms with Gasteiger partial charge in [-0.1, -0.05) is 10.0 Å². The zero-order chi connectivity index (χ0) is 25.2. The molecule has 4 nitrogen and oxygen atoms in total. The van der Waals surface area contributed by atoms with Crippen LogP contribution in [0.3, 0.4) is 0 Å². The van der Waals surface area contributed by atoms with Crippen LogP contribution in [0.5, 0.6) is 0 Å². The largest absolute Gasteiger partial charge is 0.203 e. The number of anilines is 2. The molecule has 0 amide bonds. The minimum atomic E-state index is 0.146. The third-order valence-electron chi connectivity index (χ3n) is 9.15. The molecule has 4 saturated heterocycles. The SMILES string of the molecule is CC(C)(C)N1C2CCC(CC2)[N+]1c1ccc(-c2ccc([N+]3C4CCC(CC4)N3C(C)(C)C)cc2)cc1. The molecule has 6 fully saturated rings. The maximum Gasteiger partial charge on any atom is 0.203 e.